The van der Waals surface area contributed by atoms with E-state index in [-0.39, 0.29) is 10.8 Å². The highest BCUT2D eigenvalue weighted by Crippen LogP contribution is 2.34. The summed E-state index contributed by atoms with van der Waals surface area (Å²) in [4.78, 5) is 15.2. The number of carbonyl (C=O) groups is 1. The number of hydrogen-bond donors (Lipinski definition) is 1. The van der Waals surface area contributed by atoms with Gasteiger partial charge in [0, 0.05) is 17.7 Å². The highest BCUT2D eigenvalue weighted by Gasteiger charge is 2.36. The molecule has 0 aliphatic rings. The number of alkyl halides is 2. The first kappa shape index (κ1) is 15.4. The Morgan fingerprint density at radius 1 is 1.26 bits per heavy atom. The van der Waals surface area contributed by atoms with Gasteiger partial charge in [-0.05, 0) is 0 Å². The molecule has 0 unspecified atom stereocenters. The summed E-state index contributed by atoms with van der Waals surface area (Å²) in [6.45, 7) is 0.624. The highest BCUT2D eigenvalue weighted by molar-refractivity contribution is 6.34. The molecule has 0 atom stereocenters. The van der Waals surface area contributed by atoms with Crippen LogP contribution in [0.15, 0.2) is 36.7 Å². The Bertz CT molecular complexity index is 919. The van der Waals surface area contributed by atoms with E-state index in [1.165, 1.54) is 6.20 Å². The molecule has 0 aliphatic heterocycles. The maximum Gasteiger partial charge on any atom is 0.339 e. The molecule has 1 N–H and O–H groups in total. The van der Waals surface area contributed by atoms with Crippen LogP contribution >= 0.6 is 11.6 Å². The zero-order valence-electron chi connectivity index (χ0n) is 11.8. The Kier molecular flexibility index (Phi) is 3.52. The van der Waals surface area contributed by atoms with Gasteiger partial charge < -0.3 is 5.11 Å². The Morgan fingerprint density at radius 2 is 1.91 bits per heavy atom. The molecule has 0 aliphatic carbocycles. The number of carboxylic acid groups (broad SMARTS) is 1. The van der Waals surface area contributed by atoms with Gasteiger partial charge in [-0.3, -0.25) is 0 Å². The van der Waals surface area contributed by atoms with E-state index in [2.05, 4.69) is 10.1 Å². The Hall–Kier alpha value is -2.54. The lowest BCUT2D eigenvalue weighted by Gasteiger charge is -2.16. The lowest BCUT2D eigenvalue weighted by Crippen LogP contribution is -2.18. The van der Waals surface area contributed by atoms with Crippen LogP contribution in [0.5, 0.6) is 0 Å². The summed E-state index contributed by atoms with van der Waals surface area (Å²) in [5, 5.41) is 14.3. The standard InChI is InChI=1S/C15H10ClF2N3O2/c1-15(17,18)12-10(14(22)23)6-20-21(12)11-7-19-13(16)9-5-3-2-4-8(9)11/h2-7H,1H3,(H,22,23). The second-order valence-corrected chi connectivity index (χ2v) is 5.35. The zero-order chi connectivity index (χ0) is 16.8. The molecule has 3 aromatic rings. The normalized spacial score (nSPS) is 11.8. The van der Waals surface area contributed by atoms with Crippen LogP contribution in [0.4, 0.5) is 8.78 Å². The van der Waals surface area contributed by atoms with E-state index >= 15 is 0 Å². The number of hydrogen-bond acceptors (Lipinski definition) is 3. The highest BCUT2D eigenvalue weighted by atomic mass is 35.5. The smallest absolute Gasteiger partial charge is 0.339 e. The summed E-state index contributed by atoms with van der Waals surface area (Å²) >= 11 is 6.02. The molecule has 5 nitrogen and oxygen atoms in total. The van der Waals surface area contributed by atoms with E-state index in [9.17, 15) is 13.6 Å². The van der Waals surface area contributed by atoms with Gasteiger partial charge in [-0.25, -0.2) is 14.5 Å². The summed E-state index contributed by atoms with van der Waals surface area (Å²) in [7, 11) is 0. The second kappa shape index (κ2) is 5.27. The zero-order valence-corrected chi connectivity index (χ0v) is 12.6. The van der Waals surface area contributed by atoms with Gasteiger partial charge in [-0.1, -0.05) is 35.9 Å². The molecule has 0 saturated carbocycles. The van der Waals surface area contributed by atoms with Gasteiger partial charge in [0.05, 0.1) is 18.1 Å². The first-order valence-electron chi connectivity index (χ1n) is 6.54. The minimum atomic E-state index is -3.40. The van der Waals surface area contributed by atoms with Gasteiger partial charge in [0.25, 0.3) is 5.92 Å². The summed E-state index contributed by atoms with van der Waals surface area (Å²) < 4.78 is 28.8. The van der Waals surface area contributed by atoms with Gasteiger partial charge in [-0.15, -0.1) is 0 Å². The number of nitrogens with zero attached hydrogens (tertiary/aromatic N) is 3. The number of fused-ring (bicyclic) bond motifs is 1. The Morgan fingerprint density at radius 3 is 2.52 bits per heavy atom. The van der Waals surface area contributed by atoms with E-state index in [0.29, 0.717) is 17.7 Å². The van der Waals surface area contributed by atoms with Crippen LogP contribution in [0.1, 0.15) is 23.0 Å². The predicted octanol–water partition coefficient (Wildman–Crippen LogP) is 3.88. The van der Waals surface area contributed by atoms with E-state index in [1.54, 1.807) is 24.3 Å². The average molecular weight is 338 g/mol. The first-order valence-corrected chi connectivity index (χ1v) is 6.91. The van der Waals surface area contributed by atoms with Crippen molar-refractivity contribution in [2.45, 2.75) is 12.8 Å². The van der Waals surface area contributed by atoms with E-state index < -0.39 is 23.1 Å². The largest absolute Gasteiger partial charge is 0.478 e. The van der Waals surface area contributed by atoms with Gasteiger partial charge >= 0.3 is 5.97 Å². The fourth-order valence-electron chi connectivity index (χ4n) is 2.42. The van der Waals surface area contributed by atoms with Gasteiger partial charge in [0.15, 0.2) is 0 Å². The molecule has 3 rings (SSSR count). The third-order valence-electron chi connectivity index (χ3n) is 3.37. The van der Waals surface area contributed by atoms with Crippen molar-refractivity contribution in [3.8, 4) is 5.69 Å². The summed E-state index contributed by atoms with van der Waals surface area (Å²) in [5.41, 5.74) is -1.04. The van der Waals surface area contributed by atoms with Crippen molar-refractivity contribution < 1.29 is 18.7 Å². The molecular weight excluding hydrogens is 328 g/mol. The molecule has 0 amide bonds. The van der Waals surface area contributed by atoms with Gasteiger partial charge in [-0.2, -0.15) is 13.9 Å². The molecule has 0 bridgehead atoms. The first-order chi connectivity index (χ1) is 10.8. The molecule has 2 heterocycles. The number of benzene rings is 1. The number of aromatic nitrogens is 3. The molecular formula is C15H10ClF2N3O2. The molecule has 1 aromatic carbocycles. The van der Waals surface area contributed by atoms with Crippen molar-refractivity contribution in [1.29, 1.82) is 0 Å². The fourth-order valence-corrected chi connectivity index (χ4v) is 2.64. The number of halogens is 3. The lowest BCUT2D eigenvalue weighted by atomic mass is 10.1. The average Bonchev–Trinajstić information content (AvgIpc) is 2.93. The molecule has 0 saturated heterocycles. The number of rotatable bonds is 3. The van der Waals surface area contributed by atoms with Crippen molar-refractivity contribution in [2.75, 3.05) is 0 Å². The van der Waals surface area contributed by atoms with E-state index in [4.69, 9.17) is 16.7 Å². The number of carboxylic acids is 1. The van der Waals surface area contributed by atoms with Gasteiger partial charge in [0.1, 0.15) is 16.4 Å². The van der Waals surface area contributed by atoms with Crippen LogP contribution in [0.3, 0.4) is 0 Å². The van der Waals surface area contributed by atoms with Crippen LogP contribution in [0.25, 0.3) is 16.5 Å². The van der Waals surface area contributed by atoms with Crippen molar-refractivity contribution in [3.63, 3.8) is 0 Å². The van der Waals surface area contributed by atoms with Gasteiger partial charge in [0.2, 0.25) is 0 Å². The molecule has 118 valence electrons. The Labute approximate surface area is 134 Å². The maximum absolute atomic E-state index is 14.0. The minimum Gasteiger partial charge on any atom is -0.478 e. The predicted molar refractivity (Wildman–Crippen MR) is 80.4 cm³/mol. The third-order valence-corrected chi connectivity index (χ3v) is 3.67. The number of pyridine rings is 1. The summed E-state index contributed by atoms with van der Waals surface area (Å²) in [6.07, 6.45) is 2.19. The number of aromatic carboxylic acids is 1. The third kappa shape index (κ3) is 2.53. The maximum atomic E-state index is 14.0. The van der Waals surface area contributed by atoms with Crippen LogP contribution in [-0.2, 0) is 5.92 Å². The van der Waals surface area contributed by atoms with E-state index in [1.807, 2.05) is 0 Å². The molecule has 0 fully saturated rings. The molecule has 8 heteroatoms. The molecule has 2 aromatic heterocycles. The van der Waals surface area contributed by atoms with Crippen molar-refractivity contribution in [2.24, 2.45) is 0 Å². The summed E-state index contributed by atoms with van der Waals surface area (Å²) in [6, 6.07) is 6.83. The quantitative estimate of drug-likeness (QED) is 0.736. The second-order valence-electron chi connectivity index (χ2n) is 4.99. The lowest BCUT2D eigenvalue weighted by molar-refractivity contribution is 0.00838. The van der Waals surface area contributed by atoms with Crippen LogP contribution in [-0.4, -0.2) is 25.8 Å². The van der Waals surface area contributed by atoms with Crippen molar-refractivity contribution in [1.82, 2.24) is 14.8 Å². The molecule has 23 heavy (non-hydrogen) atoms. The Balaban J connectivity index is 2.37. The molecule has 0 spiro atoms. The van der Waals surface area contributed by atoms with Crippen LogP contribution < -0.4 is 0 Å². The SMILES string of the molecule is CC(F)(F)c1c(C(=O)O)cnn1-c1cnc(Cl)c2ccccc12. The van der Waals surface area contributed by atoms with Crippen LogP contribution in [0, 0.1) is 0 Å². The van der Waals surface area contributed by atoms with Crippen molar-refractivity contribution in [3.05, 3.63) is 53.1 Å². The summed E-state index contributed by atoms with van der Waals surface area (Å²) in [5.74, 6) is -4.87. The van der Waals surface area contributed by atoms with Crippen LogP contribution in [0.2, 0.25) is 5.15 Å². The van der Waals surface area contributed by atoms with E-state index in [0.717, 1.165) is 10.9 Å². The minimum absolute atomic E-state index is 0.222. The topological polar surface area (TPSA) is 68.0 Å². The molecule has 0 radical (unpaired) electrons. The fraction of sp³-hybridized carbons (Fsp3) is 0.133. The van der Waals surface area contributed by atoms with Crippen molar-refractivity contribution >= 4 is 28.3 Å². The monoisotopic (exact) mass is 337 g/mol.